The Bertz CT molecular complexity index is 617. The summed E-state index contributed by atoms with van der Waals surface area (Å²) < 4.78 is 9.94. The van der Waals surface area contributed by atoms with Crippen molar-refractivity contribution >= 4 is 16.9 Å². The van der Waals surface area contributed by atoms with Crippen molar-refractivity contribution in [1.29, 1.82) is 0 Å². The van der Waals surface area contributed by atoms with Gasteiger partial charge in [0, 0.05) is 12.1 Å². The summed E-state index contributed by atoms with van der Waals surface area (Å²) in [5, 5.41) is 10.9. The third kappa shape index (κ3) is 2.96. The summed E-state index contributed by atoms with van der Waals surface area (Å²) in [5.74, 6) is -1.54. The number of fused-ring (bicyclic) bond motifs is 1. The van der Waals surface area contributed by atoms with Gasteiger partial charge in [0.05, 0.1) is 12.5 Å². The summed E-state index contributed by atoms with van der Waals surface area (Å²) in [5.41, 5.74) is -0.269. The summed E-state index contributed by atoms with van der Waals surface area (Å²) >= 11 is 0. The van der Waals surface area contributed by atoms with Gasteiger partial charge in [-0.3, -0.25) is 4.79 Å². The predicted octanol–water partition coefficient (Wildman–Crippen LogP) is -2.83. The van der Waals surface area contributed by atoms with Crippen LogP contribution in [0.2, 0.25) is 0 Å². The molecule has 1 aromatic heterocycles. The van der Waals surface area contributed by atoms with Crippen molar-refractivity contribution in [3.63, 3.8) is 0 Å². The predicted molar refractivity (Wildman–Crippen MR) is 53.4 cm³/mol. The maximum atomic E-state index is 11.5. The molecule has 0 amide bonds. The van der Waals surface area contributed by atoms with E-state index in [9.17, 15) is 14.7 Å². The number of hydrogen-bond donors (Lipinski definition) is 0. The molecule has 6 heteroatoms. The van der Waals surface area contributed by atoms with Crippen LogP contribution in [0.25, 0.3) is 11.0 Å². The quantitative estimate of drug-likeness (QED) is 0.542. The van der Waals surface area contributed by atoms with E-state index in [4.69, 9.17) is 9.15 Å². The standard InChI is InChI=1S/C11H8O5.K/c1-15-6-2-3-7-8(12)5-10(11(13)14)16-9(7)4-6;/h2-5H,1H3,(H,13,14);/q;+1/p-1. The largest absolute Gasteiger partial charge is 1.00 e. The molecule has 0 fully saturated rings. The minimum absolute atomic E-state index is 0. The number of aromatic carboxylic acids is 1. The van der Waals surface area contributed by atoms with Crippen LogP contribution >= 0.6 is 0 Å². The smallest absolute Gasteiger partial charge is 0.542 e. The Balaban J connectivity index is 0.00000144. The van der Waals surface area contributed by atoms with Gasteiger partial charge in [0.2, 0.25) is 0 Å². The Labute approximate surface area is 139 Å². The van der Waals surface area contributed by atoms with Crippen LogP contribution in [0.5, 0.6) is 5.75 Å². The molecule has 1 heterocycles. The molecule has 0 atom stereocenters. The van der Waals surface area contributed by atoms with E-state index in [1.807, 2.05) is 0 Å². The molecule has 0 aliphatic rings. The molecule has 1 aromatic carbocycles. The zero-order valence-electron chi connectivity index (χ0n) is 9.35. The molecule has 0 radical (unpaired) electrons. The molecule has 82 valence electrons. The molecule has 0 aliphatic carbocycles. The van der Waals surface area contributed by atoms with Gasteiger partial charge in [-0.15, -0.1) is 0 Å². The molecule has 0 bridgehead atoms. The SMILES string of the molecule is COc1ccc2c(=O)cc(C(=O)[O-])oc2c1.[K+]. The molecule has 17 heavy (non-hydrogen) atoms. The number of carbonyl (C=O) groups is 1. The van der Waals surface area contributed by atoms with Crippen LogP contribution in [0.4, 0.5) is 0 Å². The van der Waals surface area contributed by atoms with Crippen molar-refractivity contribution in [2.75, 3.05) is 7.11 Å². The van der Waals surface area contributed by atoms with E-state index in [1.54, 1.807) is 6.07 Å². The fraction of sp³-hybridized carbons (Fsp3) is 0.0909. The number of carboxylic acid groups (broad SMARTS) is 1. The van der Waals surface area contributed by atoms with Crippen molar-refractivity contribution in [2.24, 2.45) is 0 Å². The number of carboxylic acids is 1. The van der Waals surface area contributed by atoms with Crippen molar-refractivity contribution in [3.05, 3.63) is 40.2 Å². The second-order valence-corrected chi connectivity index (χ2v) is 3.12. The van der Waals surface area contributed by atoms with Crippen LogP contribution < -0.4 is 66.7 Å². The van der Waals surface area contributed by atoms with Gasteiger partial charge in [-0.1, -0.05) is 0 Å². The molecule has 0 spiro atoms. The number of rotatable bonds is 2. The van der Waals surface area contributed by atoms with Crippen LogP contribution in [0.1, 0.15) is 10.6 Å². The minimum atomic E-state index is -1.53. The van der Waals surface area contributed by atoms with Crippen LogP contribution in [0, 0.1) is 0 Å². The van der Waals surface area contributed by atoms with Gasteiger partial charge in [-0.25, -0.2) is 0 Å². The molecule has 0 N–H and O–H groups in total. The molecular formula is C11H7KO5. The van der Waals surface area contributed by atoms with Gasteiger partial charge < -0.3 is 19.1 Å². The molecule has 2 aromatic rings. The van der Waals surface area contributed by atoms with Gasteiger partial charge in [0.15, 0.2) is 11.2 Å². The minimum Gasteiger partial charge on any atom is -0.542 e. The second-order valence-electron chi connectivity index (χ2n) is 3.12. The van der Waals surface area contributed by atoms with Crippen LogP contribution in [0.15, 0.2) is 33.5 Å². The van der Waals surface area contributed by atoms with Crippen molar-refractivity contribution in [1.82, 2.24) is 0 Å². The van der Waals surface area contributed by atoms with Crippen molar-refractivity contribution in [3.8, 4) is 5.75 Å². The van der Waals surface area contributed by atoms with Gasteiger partial charge in [0.1, 0.15) is 17.3 Å². The third-order valence-electron chi connectivity index (χ3n) is 2.14. The number of benzene rings is 1. The molecule has 0 aliphatic heterocycles. The van der Waals surface area contributed by atoms with E-state index in [0.717, 1.165) is 6.07 Å². The van der Waals surface area contributed by atoms with Gasteiger partial charge in [-0.2, -0.15) is 0 Å². The second kappa shape index (κ2) is 5.79. The summed E-state index contributed by atoms with van der Waals surface area (Å²) in [6.45, 7) is 0. The number of hydrogen-bond acceptors (Lipinski definition) is 5. The fourth-order valence-electron chi connectivity index (χ4n) is 1.36. The zero-order valence-corrected chi connectivity index (χ0v) is 12.5. The Morgan fingerprint density at radius 2 is 2.06 bits per heavy atom. The van der Waals surface area contributed by atoms with E-state index in [0.29, 0.717) is 11.1 Å². The average molecular weight is 258 g/mol. The molecule has 0 saturated heterocycles. The monoisotopic (exact) mass is 258 g/mol. The van der Waals surface area contributed by atoms with E-state index in [2.05, 4.69) is 0 Å². The van der Waals surface area contributed by atoms with Crippen LogP contribution in [0.3, 0.4) is 0 Å². The third-order valence-corrected chi connectivity index (χ3v) is 2.14. The normalized spacial score (nSPS) is 9.71. The Hall–Kier alpha value is -0.664. The van der Waals surface area contributed by atoms with E-state index in [-0.39, 0.29) is 57.0 Å². The maximum Gasteiger partial charge on any atom is 1.00 e. The number of ether oxygens (including phenoxy) is 1. The molecule has 5 nitrogen and oxygen atoms in total. The van der Waals surface area contributed by atoms with Gasteiger partial charge >= 0.3 is 51.4 Å². The van der Waals surface area contributed by atoms with Crippen molar-refractivity contribution < 1.29 is 70.4 Å². The molecule has 0 unspecified atom stereocenters. The molecule has 2 rings (SSSR count). The van der Waals surface area contributed by atoms with Crippen LogP contribution in [-0.2, 0) is 0 Å². The number of methoxy groups -OCH3 is 1. The average Bonchev–Trinajstić information content (AvgIpc) is 2.28. The zero-order chi connectivity index (χ0) is 11.7. The van der Waals surface area contributed by atoms with Crippen LogP contribution in [-0.4, -0.2) is 13.1 Å². The van der Waals surface area contributed by atoms with E-state index in [1.165, 1.54) is 19.2 Å². The Morgan fingerprint density at radius 1 is 1.35 bits per heavy atom. The van der Waals surface area contributed by atoms with Crippen molar-refractivity contribution in [2.45, 2.75) is 0 Å². The molecular weight excluding hydrogens is 251 g/mol. The molecule has 0 saturated carbocycles. The Morgan fingerprint density at radius 3 is 2.65 bits per heavy atom. The first-order valence-electron chi connectivity index (χ1n) is 4.45. The summed E-state index contributed by atoms with van der Waals surface area (Å²) in [7, 11) is 1.46. The first-order valence-corrected chi connectivity index (χ1v) is 4.45. The Kier molecular flexibility index (Phi) is 4.90. The van der Waals surface area contributed by atoms with Gasteiger partial charge in [-0.05, 0) is 12.1 Å². The van der Waals surface area contributed by atoms with Gasteiger partial charge in [0.25, 0.3) is 0 Å². The van der Waals surface area contributed by atoms with E-state index >= 15 is 0 Å². The fourth-order valence-corrected chi connectivity index (χ4v) is 1.36. The first-order chi connectivity index (χ1) is 7.61. The summed E-state index contributed by atoms with van der Waals surface area (Å²) in [4.78, 5) is 22.1. The van der Waals surface area contributed by atoms with E-state index < -0.39 is 17.2 Å². The topological polar surface area (TPSA) is 79.6 Å². The summed E-state index contributed by atoms with van der Waals surface area (Å²) in [6.07, 6.45) is 0. The number of carbonyl (C=O) groups excluding carboxylic acids is 1. The summed E-state index contributed by atoms with van der Waals surface area (Å²) in [6, 6.07) is 5.45. The maximum absolute atomic E-state index is 11.5. The first kappa shape index (κ1) is 14.4.